The van der Waals surface area contributed by atoms with Crippen LogP contribution in [-0.2, 0) is 4.79 Å². The molecular formula is C12H11Cl2NO4. The summed E-state index contributed by atoms with van der Waals surface area (Å²) in [6, 6.07) is 3.33. The van der Waals surface area contributed by atoms with Gasteiger partial charge in [0.1, 0.15) is 6.04 Å². The van der Waals surface area contributed by atoms with Gasteiger partial charge in [-0.25, -0.2) is 4.79 Å². The Morgan fingerprint density at radius 1 is 1.32 bits per heavy atom. The third-order valence-electron chi connectivity index (χ3n) is 2.99. The van der Waals surface area contributed by atoms with Crippen molar-refractivity contribution in [3.8, 4) is 0 Å². The van der Waals surface area contributed by atoms with E-state index in [2.05, 4.69) is 0 Å². The summed E-state index contributed by atoms with van der Waals surface area (Å²) >= 11 is 11.7. The highest BCUT2D eigenvalue weighted by atomic mass is 35.5. The average Bonchev–Trinajstić information content (AvgIpc) is 2.70. The van der Waals surface area contributed by atoms with Gasteiger partial charge in [0.2, 0.25) is 0 Å². The van der Waals surface area contributed by atoms with E-state index < -0.39 is 24.0 Å². The Hall–Kier alpha value is -1.30. The molecule has 2 atom stereocenters. The lowest BCUT2D eigenvalue weighted by Gasteiger charge is -2.21. The first-order valence-corrected chi connectivity index (χ1v) is 6.32. The second-order valence-corrected chi connectivity index (χ2v) is 5.17. The van der Waals surface area contributed by atoms with Crippen molar-refractivity contribution in [2.45, 2.75) is 18.6 Å². The van der Waals surface area contributed by atoms with Crippen LogP contribution < -0.4 is 0 Å². The van der Waals surface area contributed by atoms with Gasteiger partial charge in [-0.3, -0.25) is 4.79 Å². The van der Waals surface area contributed by atoms with Crippen LogP contribution >= 0.6 is 23.2 Å². The molecule has 2 rings (SSSR count). The third-order valence-corrected chi connectivity index (χ3v) is 3.53. The van der Waals surface area contributed by atoms with Gasteiger partial charge >= 0.3 is 5.97 Å². The van der Waals surface area contributed by atoms with E-state index in [4.69, 9.17) is 28.3 Å². The van der Waals surface area contributed by atoms with Gasteiger partial charge in [0, 0.05) is 18.0 Å². The number of β-amino-alcohol motifs (C(OH)–C–C–N with tert-alkyl or cyclic N) is 1. The normalized spacial score (nSPS) is 22.6. The number of amides is 1. The number of hydrogen-bond donors (Lipinski definition) is 2. The molecule has 1 fully saturated rings. The van der Waals surface area contributed by atoms with Crippen LogP contribution in [0.4, 0.5) is 0 Å². The topological polar surface area (TPSA) is 77.8 Å². The number of carboxylic acid groups (broad SMARTS) is 1. The fourth-order valence-electron chi connectivity index (χ4n) is 2.09. The highest BCUT2D eigenvalue weighted by molar-refractivity contribution is 6.36. The maximum Gasteiger partial charge on any atom is 0.326 e. The molecule has 0 radical (unpaired) electrons. The molecule has 7 heteroatoms. The number of hydrogen-bond acceptors (Lipinski definition) is 3. The van der Waals surface area contributed by atoms with E-state index in [0.717, 1.165) is 4.90 Å². The summed E-state index contributed by atoms with van der Waals surface area (Å²) in [7, 11) is 0. The van der Waals surface area contributed by atoms with E-state index in [1.807, 2.05) is 0 Å². The van der Waals surface area contributed by atoms with Crippen molar-refractivity contribution in [1.82, 2.24) is 4.90 Å². The summed E-state index contributed by atoms with van der Waals surface area (Å²) in [5.74, 6) is -1.67. The van der Waals surface area contributed by atoms with Gasteiger partial charge in [0.05, 0.1) is 16.7 Å². The first-order valence-electron chi connectivity index (χ1n) is 5.57. The fraction of sp³-hybridized carbons (Fsp3) is 0.333. The van der Waals surface area contributed by atoms with Crippen molar-refractivity contribution >= 4 is 35.1 Å². The molecule has 0 aromatic heterocycles. The van der Waals surface area contributed by atoms with Crippen molar-refractivity contribution in [1.29, 1.82) is 0 Å². The number of carbonyl (C=O) groups is 2. The van der Waals surface area contributed by atoms with Gasteiger partial charge in [-0.2, -0.15) is 0 Å². The van der Waals surface area contributed by atoms with Crippen LogP contribution in [-0.4, -0.2) is 45.7 Å². The maximum absolute atomic E-state index is 12.3. The Labute approximate surface area is 119 Å². The van der Waals surface area contributed by atoms with Gasteiger partial charge in [-0.1, -0.05) is 23.2 Å². The van der Waals surface area contributed by atoms with Gasteiger partial charge < -0.3 is 15.1 Å². The van der Waals surface area contributed by atoms with Crippen molar-refractivity contribution in [2.75, 3.05) is 6.54 Å². The third kappa shape index (κ3) is 2.83. The molecule has 1 aromatic rings. The van der Waals surface area contributed by atoms with Crippen LogP contribution in [0.1, 0.15) is 16.8 Å². The second kappa shape index (κ2) is 5.36. The number of aliphatic hydroxyl groups excluding tert-OH is 1. The van der Waals surface area contributed by atoms with Crippen LogP contribution in [0.15, 0.2) is 18.2 Å². The van der Waals surface area contributed by atoms with E-state index in [1.54, 1.807) is 0 Å². The molecule has 5 nitrogen and oxygen atoms in total. The van der Waals surface area contributed by atoms with Gasteiger partial charge in [-0.15, -0.1) is 0 Å². The van der Waals surface area contributed by atoms with E-state index in [9.17, 15) is 14.7 Å². The summed E-state index contributed by atoms with van der Waals surface area (Å²) in [4.78, 5) is 24.4. The summed E-state index contributed by atoms with van der Waals surface area (Å²) in [5.41, 5.74) is 0.173. The van der Waals surface area contributed by atoms with Crippen LogP contribution in [0.2, 0.25) is 10.0 Å². The fourth-order valence-corrected chi connectivity index (χ4v) is 2.58. The number of aliphatic carboxylic acids is 1. The lowest BCUT2D eigenvalue weighted by Crippen LogP contribution is -2.40. The number of carboxylic acids is 1. The minimum Gasteiger partial charge on any atom is -0.480 e. The molecule has 1 saturated heterocycles. The first kappa shape index (κ1) is 14.1. The number of halogens is 2. The van der Waals surface area contributed by atoms with Crippen LogP contribution in [0.5, 0.6) is 0 Å². The Balaban J connectivity index is 2.30. The Morgan fingerprint density at radius 3 is 2.58 bits per heavy atom. The van der Waals surface area contributed by atoms with Crippen LogP contribution in [0, 0.1) is 0 Å². The number of aliphatic hydroxyl groups is 1. The standard InChI is InChI=1S/C12H11Cl2NO4/c13-6-1-2-8(9(14)3-6)11(17)15-5-7(16)4-10(15)12(18)19/h1-3,7,10,16H,4-5H2,(H,18,19)/t7-,10+/m1/s1. The molecule has 0 aliphatic carbocycles. The molecule has 1 aliphatic rings. The molecule has 1 aromatic carbocycles. The van der Waals surface area contributed by atoms with Crippen molar-refractivity contribution in [3.05, 3.63) is 33.8 Å². The molecule has 2 N–H and O–H groups in total. The number of likely N-dealkylation sites (tertiary alicyclic amines) is 1. The monoisotopic (exact) mass is 303 g/mol. The quantitative estimate of drug-likeness (QED) is 0.871. The smallest absolute Gasteiger partial charge is 0.326 e. The molecule has 0 spiro atoms. The zero-order valence-electron chi connectivity index (χ0n) is 9.72. The Morgan fingerprint density at radius 2 is 2.00 bits per heavy atom. The molecule has 0 saturated carbocycles. The number of nitrogens with zero attached hydrogens (tertiary/aromatic N) is 1. The maximum atomic E-state index is 12.3. The van der Waals surface area contributed by atoms with Crippen LogP contribution in [0.3, 0.4) is 0 Å². The van der Waals surface area contributed by atoms with Crippen LogP contribution in [0.25, 0.3) is 0 Å². The predicted octanol–water partition coefficient (Wildman–Crippen LogP) is 1.65. The van der Waals surface area contributed by atoms with Gasteiger partial charge in [0.25, 0.3) is 5.91 Å². The van der Waals surface area contributed by atoms with Crippen molar-refractivity contribution < 1.29 is 19.8 Å². The molecule has 0 unspecified atom stereocenters. The zero-order chi connectivity index (χ0) is 14.2. The van der Waals surface area contributed by atoms with E-state index in [-0.39, 0.29) is 23.6 Å². The second-order valence-electron chi connectivity index (χ2n) is 4.33. The SMILES string of the molecule is O=C(O)[C@@H]1C[C@@H](O)CN1C(=O)c1ccc(Cl)cc1Cl. The molecule has 1 heterocycles. The summed E-state index contributed by atoms with van der Waals surface area (Å²) in [6.07, 6.45) is -0.817. The van der Waals surface area contributed by atoms with Crippen molar-refractivity contribution in [3.63, 3.8) is 0 Å². The van der Waals surface area contributed by atoms with Gasteiger partial charge in [-0.05, 0) is 18.2 Å². The molecular weight excluding hydrogens is 293 g/mol. The first-order chi connectivity index (χ1) is 8.90. The number of benzene rings is 1. The highest BCUT2D eigenvalue weighted by Crippen LogP contribution is 2.26. The summed E-state index contributed by atoms with van der Waals surface area (Å²) in [6.45, 7) is -0.0191. The minimum atomic E-state index is -1.14. The lowest BCUT2D eigenvalue weighted by atomic mass is 10.1. The molecule has 0 bridgehead atoms. The molecule has 1 amide bonds. The number of carbonyl (C=O) groups excluding carboxylic acids is 1. The predicted molar refractivity (Wildman–Crippen MR) is 69.5 cm³/mol. The highest BCUT2D eigenvalue weighted by Gasteiger charge is 2.39. The van der Waals surface area contributed by atoms with Gasteiger partial charge in [0.15, 0.2) is 0 Å². The summed E-state index contributed by atoms with van der Waals surface area (Å²) < 4.78 is 0. The minimum absolute atomic E-state index is 0.0191. The largest absolute Gasteiger partial charge is 0.480 e. The van der Waals surface area contributed by atoms with E-state index in [0.29, 0.717) is 5.02 Å². The Bertz CT molecular complexity index is 534. The summed E-state index contributed by atoms with van der Waals surface area (Å²) in [5, 5.41) is 19.1. The van der Waals surface area contributed by atoms with E-state index >= 15 is 0 Å². The average molecular weight is 304 g/mol. The molecule has 19 heavy (non-hydrogen) atoms. The number of rotatable bonds is 2. The Kier molecular flexibility index (Phi) is 3.99. The lowest BCUT2D eigenvalue weighted by molar-refractivity contribution is -0.141. The molecule has 1 aliphatic heterocycles. The van der Waals surface area contributed by atoms with Crippen molar-refractivity contribution in [2.24, 2.45) is 0 Å². The molecule has 102 valence electrons. The van der Waals surface area contributed by atoms with E-state index in [1.165, 1.54) is 18.2 Å². The zero-order valence-corrected chi connectivity index (χ0v) is 11.2.